The molecule has 0 aliphatic carbocycles. The Hall–Kier alpha value is -2.85. The number of nitrogens with zero attached hydrogens (tertiary/aromatic N) is 2. The molecule has 1 saturated heterocycles. The van der Waals surface area contributed by atoms with Crippen LogP contribution in [0.3, 0.4) is 0 Å². The topological polar surface area (TPSA) is 88.9 Å². The molecule has 2 rings (SSSR count). The number of carbonyl (C=O) groups excluding carboxylic acids is 2. The van der Waals surface area contributed by atoms with E-state index in [4.69, 9.17) is 14.2 Å². The first-order valence-corrected chi connectivity index (χ1v) is 8.88. The molecule has 7 nitrogen and oxygen atoms in total. The lowest BCUT2D eigenvalue weighted by Crippen LogP contribution is -2.49. The second kappa shape index (κ2) is 9.74. The van der Waals surface area contributed by atoms with E-state index in [1.165, 1.54) is 6.08 Å². The largest absolute Gasteiger partial charge is 0.494 e. The summed E-state index contributed by atoms with van der Waals surface area (Å²) >= 11 is 0. The molecule has 0 N–H and O–H groups in total. The molecule has 1 aromatic rings. The second-order valence-electron chi connectivity index (χ2n) is 6.30. The van der Waals surface area contributed by atoms with Gasteiger partial charge in [0.25, 0.3) is 5.91 Å². The highest BCUT2D eigenvalue weighted by Crippen LogP contribution is 2.15. The van der Waals surface area contributed by atoms with Gasteiger partial charge < -0.3 is 19.1 Å². The van der Waals surface area contributed by atoms with Crippen molar-refractivity contribution in [2.24, 2.45) is 0 Å². The standard InChI is InChI=1S/C20H24N2O5/c1-4-25-18-7-5-16(6-8-18)9-17(10-21)20(24)26-13-19(23)22-11-14(2)27-15(3)12-22/h5-9,14-15H,4,11-13H2,1-3H3/b17-9+/t14-,15-/m0/s1. The van der Waals surface area contributed by atoms with Crippen molar-refractivity contribution in [3.63, 3.8) is 0 Å². The molecule has 1 amide bonds. The minimum absolute atomic E-state index is 0.0670. The third-order valence-corrected chi connectivity index (χ3v) is 3.94. The molecule has 0 unspecified atom stereocenters. The number of morpholine rings is 1. The predicted molar refractivity (Wildman–Crippen MR) is 98.7 cm³/mol. The van der Waals surface area contributed by atoms with Crippen LogP contribution in [-0.2, 0) is 19.1 Å². The predicted octanol–water partition coefficient (Wildman–Crippen LogP) is 2.17. The summed E-state index contributed by atoms with van der Waals surface area (Å²) in [6.45, 7) is 6.71. The van der Waals surface area contributed by atoms with Crippen LogP contribution in [0.2, 0.25) is 0 Å². The van der Waals surface area contributed by atoms with Gasteiger partial charge in [0.15, 0.2) is 6.61 Å². The van der Waals surface area contributed by atoms with E-state index in [2.05, 4.69) is 0 Å². The van der Waals surface area contributed by atoms with Gasteiger partial charge in [0.05, 0.1) is 18.8 Å². The third kappa shape index (κ3) is 6.12. The first-order chi connectivity index (χ1) is 12.9. The molecule has 1 aliphatic rings. The monoisotopic (exact) mass is 372 g/mol. The summed E-state index contributed by atoms with van der Waals surface area (Å²) in [5, 5.41) is 9.22. The van der Waals surface area contributed by atoms with Gasteiger partial charge in [0, 0.05) is 13.1 Å². The summed E-state index contributed by atoms with van der Waals surface area (Å²) in [7, 11) is 0. The molecular weight excluding hydrogens is 348 g/mol. The van der Waals surface area contributed by atoms with Crippen molar-refractivity contribution >= 4 is 18.0 Å². The van der Waals surface area contributed by atoms with Crippen molar-refractivity contribution < 1.29 is 23.8 Å². The Morgan fingerprint density at radius 2 is 1.89 bits per heavy atom. The van der Waals surface area contributed by atoms with E-state index in [9.17, 15) is 14.9 Å². The van der Waals surface area contributed by atoms with E-state index in [0.29, 0.717) is 31.0 Å². The van der Waals surface area contributed by atoms with Crippen molar-refractivity contribution in [3.8, 4) is 11.8 Å². The maximum atomic E-state index is 12.2. The molecule has 1 heterocycles. The Morgan fingerprint density at radius 3 is 2.44 bits per heavy atom. The van der Waals surface area contributed by atoms with Crippen molar-refractivity contribution in [2.75, 3.05) is 26.3 Å². The zero-order valence-corrected chi connectivity index (χ0v) is 15.8. The fourth-order valence-corrected chi connectivity index (χ4v) is 2.81. The van der Waals surface area contributed by atoms with Crippen LogP contribution in [0.15, 0.2) is 29.8 Å². The average molecular weight is 372 g/mol. The van der Waals surface area contributed by atoms with Crippen molar-refractivity contribution in [3.05, 3.63) is 35.4 Å². The highest BCUT2D eigenvalue weighted by atomic mass is 16.5. The molecule has 1 fully saturated rings. The van der Waals surface area contributed by atoms with Gasteiger partial charge in [-0.05, 0) is 44.5 Å². The summed E-state index contributed by atoms with van der Waals surface area (Å²) in [6, 6.07) is 8.78. The van der Waals surface area contributed by atoms with Gasteiger partial charge in [-0.1, -0.05) is 12.1 Å². The first-order valence-electron chi connectivity index (χ1n) is 8.88. The Balaban J connectivity index is 1.94. The molecule has 0 bridgehead atoms. The molecule has 0 spiro atoms. The summed E-state index contributed by atoms with van der Waals surface area (Å²) in [4.78, 5) is 26.0. The molecule has 27 heavy (non-hydrogen) atoms. The van der Waals surface area contributed by atoms with Gasteiger partial charge >= 0.3 is 5.97 Å². The number of ether oxygens (including phenoxy) is 3. The minimum Gasteiger partial charge on any atom is -0.494 e. The Labute approximate surface area is 159 Å². The number of hydrogen-bond donors (Lipinski definition) is 0. The molecule has 0 saturated carbocycles. The molecule has 2 atom stereocenters. The van der Waals surface area contributed by atoms with E-state index >= 15 is 0 Å². The van der Waals surface area contributed by atoms with Gasteiger partial charge in [0.1, 0.15) is 17.4 Å². The van der Waals surface area contributed by atoms with Crippen LogP contribution < -0.4 is 4.74 Å². The van der Waals surface area contributed by atoms with Crippen molar-refractivity contribution in [2.45, 2.75) is 33.0 Å². The number of hydrogen-bond acceptors (Lipinski definition) is 6. The smallest absolute Gasteiger partial charge is 0.349 e. The van der Waals surface area contributed by atoms with Gasteiger partial charge in [0.2, 0.25) is 0 Å². The highest BCUT2D eigenvalue weighted by Gasteiger charge is 2.26. The normalized spacial score (nSPS) is 19.9. The summed E-state index contributed by atoms with van der Waals surface area (Å²) in [5.74, 6) is -0.423. The third-order valence-electron chi connectivity index (χ3n) is 3.94. The highest BCUT2D eigenvalue weighted by molar-refractivity contribution is 5.98. The number of esters is 1. The van der Waals surface area contributed by atoms with Crippen LogP contribution in [-0.4, -0.2) is 55.3 Å². The Morgan fingerprint density at radius 1 is 1.26 bits per heavy atom. The molecule has 0 aromatic heterocycles. The van der Waals surface area contributed by atoms with Crippen LogP contribution in [0.4, 0.5) is 0 Å². The zero-order valence-electron chi connectivity index (χ0n) is 15.8. The van der Waals surface area contributed by atoms with Gasteiger partial charge in [-0.25, -0.2) is 4.79 Å². The van der Waals surface area contributed by atoms with E-state index in [1.54, 1.807) is 29.2 Å². The van der Waals surface area contributed by atoms with Crippen molar-refractivity contribution in [1.82, 2.24) is 4.90 Å². The maximum absolute atomic E-state index is 12.2. The Bertz CT molecular complexity index is 726. The molecule has 144 valence electrons. The Kier molecular flexibility index (Phi) is 7.38. The summed E-state index contributed by atoms with van der Waals surface area (Å²) in [6.07, 6.45) is 1.28. The molecule has 0 radical (unpaired) electrons. The van der Waals surface area contributed by atoms with Gasteiger partial charge in [-0.15, -0.1) is 0 Å². The van der Waals surface area contributed by atoms with Crippen LogP contribution >= 0.6 is 0 Å². The van der Waals surface area contributed by atoms with Crippen LogP contribution in [0.1, 0.15) is 26.3 Å². The molecule has 1 aliphatic heterocycles. The van der Waals surface area contributed by atoms with E-state index in [0.717, 1.165) is 0 Å². The number of carbonyl (C=O) groups is 2. The SMILES string of the molecule is CCOc1ccc(/C=C(\C#N)C(=O)OCC(=O)N2C[C@H](C)O[C@@H](C)C2)cc1. The molecule has 1 aromatic carbocycles. The second-order valence-corrected chi connectivity index (χ2v) is 6.30. The van der Waals surface area contributed by atoms with Crippen LogP contribution in [0.5, 0.6) is 5.75 Å². The van der Waals surface area contributed by atoms with E-state index in [1.807, 2.05) is 26.8 Å². The van der Waals surface area contributed by atoms with Crippen molar-refractivity contribution in [1.29, 1.82) is 5.26 Å². The number of rotatable bonds is 6. The number of amides is 1. The summed E-state index contributed by atoms with van der Waals surface area (Å²) in [5.41, 5.74) is 0.491. The maximum Gasteiger partial charge on any atom is 0.349 e. The van der Waals surface area contributed by atoms with E-state index < -0.39 is 12.6 Å². The minimum atomic E-state index is -0.825. The average Bonchev–Trinajstić information content (AvgIpc) is 2.64. The number of benzene rings is 1. The fourth-order valence-electron chi connectivity index (χ4n) is 2.81. The van der Waals surface area contributed by atoms with Gasteiger partial charge in [-0.2, -0.15) is 5.26 Å². The first kappa shape index (κ1) is 20.5. The number of nitriles is 1. The van der Waals surface area contributed by atoms with Crippen LogP contribution in [0, 0.1) is 11.3 Å². The molecular formula is C20H24N2O5. The van der Waals surface area contributed by atoms with Gasteiger partial charge in [-0.3, -0.25) is 4.79 Å². The van der Waals surface area contributed by atoms with Crippen LogP contribution in [0.25, 0.3) is 6.08 Å². The van der Waals surface area contributed by atoms with E-state index in [-0.39, 0.29) is 23.7 Å². The molecule has 7 heteroatoms. The lowest BCUT2D eigenvalue weighted by molar-refractivity contribution is -0.154. The fraction of sp³-hybridized carbons (Fsp3) is 0.450. The lowest BCUT2D eigenvalue weighted by atomic mass is 10.1. The lowest BCUT2D eigenvalue weighted by Gasteiger charge is -2.35. The zero-order chi connectivity index (χ0) is 19.8. The summed E-state index contributed by atoms with van der Waals surface area (Å²) < 4.78 is 16.0. The quantitative estimate of drug-likeness (QED) is 0.432.